The average molecular weight is 282 g/mol. The lowest BCUT2D eigenvalue weighted by Gasteiger charge is -2.10. The van der Waals surface area contributed by atoms with Gasteiger partial charge in [0.2, 0.25) is 0 Å². The Kier molecular flexibility index (Phi) is 7.46. The number of hydrogen-bond acceptors (Lipinski definition) is 5. The van der Waals surface area contributed by atoms with E-state index in [4.69, 9.17) is 30.1 Å². The number of nitrogens with one attached hydrogen (secondary N) is 1. The van der Waals surface area contributed by atoms with E-state index in [1.54, 1.807) is 32.4 Å². The fourth-order valence-corrected chi connectivity index (χ4v) is 1.55. The molecule has 0 fully saturated rings. The molecule has 0 aliphatic heterocycles. The predicted octanol–water partition coefficient (Wildman–Crippen LogP) is 1.41. The molecule has 0 aromatic heterocycles. The van der Waals surface area contributed by atoms with Crippen LogP contribution in [-0.4, -0.2) is 46.5 Å². The van der Waals surface area contributed by atoms with Crippen molar-refractivity contribution in [2.75, 3.05) is 40.6 Å². The van der Waals surface area contributed by atoms with Crippen LogP contribution in [0.25, 0.3) is 0 Å². The van der Waals surface area contributed by atoms with Crippen molar-refractivity contribution in [3.63, 3.8) is 0 Å². The Balaban J connectivity index is 2.39. The lowest BCUT2D eigenvalue weighted by Crippen LogP contribution is -2.12. The monoisotopic (exact) mass is 282 g/mol. The first-order valence-corrected chi connectivity index (χ1v) is 6.40. The predicted molar refractivity (Wildman–Crippen MR) is 76.8 cm³/mol. The van der Waals surface area contributed by atoms with Gasteiger partial charge in [-0.3, -0.25) is 5.41 Å². The van der Waals surface area contributed by atoms with Gasteiger partial charge in [0.15, 0.2) is 0 Å². The molecular weight excluding hydrogens is 260 g/mol. The molecule has 6 nitrogen and oxygen atoms in total. The second-order valence-corrected chi connectivity index (χ2v) is 4.12. The van der Waals surface area contributed by atoms with Crippen molar-refractivity contribution in [2.45, 2.75) is 6.42 Å². The molecule has 0 aliphatic rings. The van der Waals surface area contributed by atoms with Gasteiger partial charge in [-0.05, 0) is 18.6 Å². The molecule has 0 radical (unpaired) electrons. The zero-order valence-electron chi connectivity index (χ0n) is 12.0. The highest BCUT2D eigenvalue weighted by Gasteiger charge is 2.04. The maximum absolute atomic E-state index is 7.44. The Morgan fingerprint density at radius 2 is 1.80 bits per heavy atom. The molecule has 0 heterocycles. The zero-order chi connectivity index (χ0) is 14.8. The Morgan fingerprint density at radius 1 is 1.05 bits per heavy atom. The van der Waals surface area contributed by atoms with Crippen LogP contribution in [0.1, 0.15) is 12.0 Å². The lowest BCUT2D eigenvalue weighted by atomic mass is 10.2. The number of rotatable bonds is 10. The van der Waals surface area contributed by atoms with Crippen LogP contribution >= 0.6 is 0 Å². The second kappa shape index (κ2) is 9.17. The van der Waals surface area contributed by atoms with Gasteiger partial charge in [0.05, 0.1) is 13.7 Å². The standard InChI is InChI=1S/C14H22N2O4/c1-17-4-3-5-19-6-7-20-13-9-11(14(15)16)8-12(10-13)18-2/h8-10H,3-7H2,1-2H3,(H3,15,16). The largest absolute Gasteiger partial charge is 0.497 e. The van der Waals surface area contributed by atoms with Crippen molar-refractivity contribution >= 4 is 5.84 Å². The molecule has 6 heteroatoms. The number of amidine groups is 1. The van der Waals surface area contributed by atoms with Crippen molar-refractivity contribution in [2.24, 2.45) is 5.73 Å². The van der Waals surface area contributed by atoms with Gasteiger partial charge in [0, 0.05) is 32.0 Å². The van der Waals surface area contributed by atoms with E-state index in [-0.39, 0.29) is 5.84 Å². The molecule has 1 aromatic carbocycles. The van der Waals surface area contributed by atoms with Gasteiger partial charge in [-0.1, -0.05) is 0 Å². The second-order valence-electron chi connectivity index (χ2n) is 4.12. The Bertz CT molecular complexity index is 424. The summed E-state index contributed by atoms with van der Waals surface area (Å²) in [6, 6.07) is 5.14. The summed E-state index contributed by atoms with van der Waals surface area (Å²) in [6.07, 6.45) is 0.865. The number of methoxy groups -OCH3 is 2. The molecule has 20 heavy (non-hydrogen) atoms. The van der Waals surface area contributed by atoms with Gasteiger partial charge < -0.3 is 24.7 Å². The average Bonchev–Trinajstić information content (AvgIpc) is 2.46. The molecule has 0 unspecified atom stereocenters. The minimum Gasteiger partial charge on any atom is -0.497 e. The van der Waals surface area contributed by atoms with E-state index in [9.17, 15) is 0 Å². The van der Waals surface area contributed by atoms with Crippen LogP contribution < -0.4 is 15.2 Å². The SMILES string of the molecule is COCCCOCCOc1cc(OC)cc(C(=N)N)c1. The van der Waals surface area contributed by atoms with E-state index >= 15 is 0 Å². The first kappa shape index (κ1) is 16.3. The highest BCUT2D eigenvalue weighted by atomic mass is 16.5. The Morgan fingerprint density at radius 3 is 2.45 bits per heavy atom. The summed E-state index contributed by atoms with van der Waals surface area (Å²) >= 11 is 0. The van der Waals surface area contributed by atoms with Crippen molar-refractivity contribution in [3.8, 4) is 11.5 Å². The summed E-state index contributed by atoms with van der Waals surface area (Å²) in [4.78, 5) is 0. The molecule has 112 valence electrons. The highest BCUT2D eigenvalue weighted by Crippen LogP contribution is 2.22. The van der Waals surface area contributed by atoms with Crippen LogP contribution in [-0.2, 0) is 9.47 Å². The fourth-order valence-electron chi connectivity index (χ4n) is 1.55. The van der Waals surface area contributed by atoms with Gasteiger partial charge in [-0.2, -0.15) is 0 Å². The minimum absolute atomic E-state index is 0.0236. The molecular formula is C14H22N2O4. The van der Waals surface area contributed by atoms with E-state index < -0.39 is 0 Å². The first-order valence-electron chi connectivity index (χ1n) is 6.40. The molecule has 0 saturated carbocycles. The summed E-state index contributed by atoms with van der Waals surface area (Å²) < 4.78 is 21.0. The van der Waals surface area contributed by atoms with E-state index in [2.05, 4.69) is 0 Å². The van der Waals surface area contributed by atoms with Gasteiger partial charge in [0.25, 0.3) is 0 Å². The minimum atomic E-state index is -0.0236. The Labute approximate surface area is 119 Å². The maximum atomic E-state index is 7.44. The van der Waals surface area contributed by atoms with Crippen molar-refractivity contribution in [1.82, 2.24) is 0 Å². The third-order valence-electron chi connectivity index (χ3n) is 2.56. The van der Waals surface area contributed by atoms with Crippen molar-refractivity contribution in [1.29, 1.82) is 5.41 Å². The van der Waals surface area contributed by atoms with Crippen molar-refractivity contribution in [3.05, 3.63) is 23.8 Å². The fraction of sp³-hybridized carbons (Fsp3) is 0.500. The van der Waals surface area contributed by atoms with Crippen LogP contribution in [0.5, 0.6) is 11.5 Å². The summed E-state index contributed by atoms with van der Waals surface area (Å²) in [6.45, 7) is 2.26. The molecule has 0 atom stereocenters. The third kappa shape index (κ3) is 5.90. The van der Waals surface area contributed by atoms with Crippen LogP contribution in [0.15, 0.2) is 18.2 Å². The van der Waals surface area contributed by atoms with Crippen LogP contribution in [0.4, 0.5) is 0 Å². The smallest absolute Gasteiger partial charge is 0.123 e. The lowest BCUT2D eigenvalue weighted by molar-refractivity contribution is 0.0806. The number of nitrogen functional groups attached to an aromatic ring is 1. The van der Waals surface area contributed by atoms with Crippen LogP contribution in [0.2, 0.25) is 0 Å². The zero-order valence-corrected chi connectivity index (χ0v) is 12.0. The van der Waals surface area contributed by atoms with Crippen LogP contribution in [0.3, 0.4) is 0 Å². The maximum Gasteiger partial charge on any atom is 0.123 e. The van der Waals surface area contributed by atoms with E-state index in [1.165, 1.54) is 0 Å². The summed E-state index contributed by atoms with van der Waals surface area (Å²) in [5.74, 6) is 1.19. The normalized spacial score (nSPS) is 10.3. The number of ether oxygens (including phenoxy) is 4. The number of benzene rings is 1. The molecule has 0 bridgehead atoms. The Hall–Kier alpha value is -1.79. The summed E-state index contributed by atoms with van der Waals surface area (Å²) in [7, 11) is 3.22. The molecule has 0 saturated heterocycles. The molecule has 1 rings (SSSR count). The quantitative estimate of drug-likeness (QED) is 0.385. The topological polar surface area (TPSA) is 86.8 Å². The first-order chi connectivity index (χ1) is 9.67. The van der Waals surface area contributed by atoms with Gasteiger partial charge in [-0.15, -0.1) is 0 Å². The molecule has 1 aromatic rings. The summed E-state index contributed by atoms with van der Waals surface area (Å²) in [5, 5.41) is 7.44. The molecule has 0 spiro atoms. The summed E-state index contributed by atoms with van der Waals surface area (Å²) in [5.41, 5.74) is 6.03. The number of hydrogen-bond donors (Lipinski definition) is 2. The van der Waals surface area contributed by atoms with Gasteiger partial charge >= 0.3 is 0 Å². The van der Waals surface area contributed by atoms with Crippen LogP contribution in [0, 0.1) is 5.41 Å². The highest BCUT2D eigenvalue weighted by molar-refractivity contribution is 5.95. The molecule has 0 amide bonds. The van der Waals surface area contributed by atoms with E-state index in [0.717, 1.165) is 6.42 Å². The van der Waals surface area contributed by atoms with Crippen molar-refractivity contribution < 1.29 is 18.9 Å². The van der Waals surface area contributed by atoms with Gasteiger partial charge in [0.1, 0.15) is 23.9 Å². The van der Waals surface area contributed by atoms with E-state index in [0.29, 0.717) is 43.5 Å². The molecule has 3 N–H and O–H groups in total. The third-order valence-corrected chi connectivity index (χ3v) is 2.56. The van der Waals surface area contributed by atoms with Gasteiger partial charge in [-0.25, -0.2) is 0 Å². The number of nitrogens with two attached hydrogens (primary N) is 1. The van der Waals surface area contributed by atoms with E-state index in [1.807, 2.05) is 0 Å². The molecule has 0 aliphatic carbocycles.